The van der Waals surface area contributed by atoms with Crippen LogP contribution in [0.4, 0.5) is 0 Å². The van der Waals surface area contributed by atoms with Gasteiger partial charge in [-0.1, -0.05) is 54.6 Å². The number of hydrogen-bond acceptors (Lipinski definition) is 6. The quantitative estimate of drug-likeness (QED) is 0.311. The molecule has 0 radical (unpaired) electrons. The lowest BCUT2D eigenvalue weighted by molar-refractivity contribution is -0.115. The van der Waals surface area contributed by atoms with Crippen LogP contribution in [0.25, 0.3) is 6.08 Å². The van der Waals surface area contributed by atoms with Gasteiger partial charge < -0.3 is 19.5 Å². The number of halogens is 1. The maximum Gasteiger partial charge on any atom is 0.263 e. The molecule has 1 aliphatic rings. The minimum atomic E-state index is -0.218. The molecule has 30 heavy (non-hydrogen) atoms. The Morgan fingerprint density at radius 3 is 2.53 bits per heavy atom. The monoisotopic (exact) mass is 463 g/mol. The molecule has 0 bridgehead atoms. The van der Waals surface area contributed by atoms with E-state index in [2.05, 4.69) is 24.4 Å². The molecular weight excluding hydrogens is 442 g/mol. The number of hydrogen-bond donors (Lipinski definition) is 1. The molecule has 1 aliphatic heterocycles. The Balaban J connectivity index is 1.57. The second-order valence-electron chi connectivity index (χ2n) is 6.43. The van der Waals surface area contributed by atoms with E-state index in [1.807, 2.05) is 12.1 Å². The van der Waals surface area contributed by atoms with Gasteiger partial charge >= 0.3 is 0 Å². The van der Waals surface area contributed by atoms with Crippen molar-refractivity contribution in [1.82, 2.24) is 5.32 Å². The third-order valence-electron chi connectivity index (χ3n) is 4.33. The molecule has 1 saturated heterocycles. The second-order valence-corrected chi connectivity index (χ2v) is 8.56. The summed E-state index contributed by atoms with van der Waals surface area (Å²) in [5.74, 6) is 1.59. The molecule has 1 heterocycles. The van der Waals surface area contributed by atoms with Crippen LogP contribution in [0.1, 0.15) is 24.5 Å². The van der Waals surface area contributed by atoms with Gasteiger partial charge in [-0.05, 0) is 47.9 Å². The Morgan fingerprint density at radius 2 is 1.90 bits per heavy atom. The average Bonchev–Trinajstić information content (AvgIpc) is 3.05. The van der Waals surface area contributed by atoms with Crippen LogP contribution in [0.3, 0.4) is 0 Å². The third kappa shape index (κ3) is 5.90. The fourth-order valence-corrected chi connectivity index (χ4v) is 4.10. The zero-order chi connectivity index (χ0) is 21.5. The van der Waals surface area contributed by atoms with E-state index >= 15 is 0 Å². The smallest absolute Gasteiger partial charge is 0.263 e. The van der Waals surface area contributed by atoms with Gasteiger partial charge in [-0.2, -0.15) is 0 Å². The van der Waals surface area contributed by atoms with Gasteiger partial charge in [0.15, 0.2) is 11.5 Å². The van der Waals surface area contributed by atoms with Crippen molar-refractivity contribution in [2.45, 2.75) is 19.8 Å². The fraction of sp³-hybridized carbons (Fsp3) is 0.273. The van der Waals surface area contributed by atoms with E-state index in [-0.39, 0.29) is 5.91 Å². The number of rotatable bonds is 9. The number of amides is 1. The van der Waals surface area contributed by atoms with Crippen LogP contribution in [-0.4, -0.2) is 30.6 Å². The normalized spacial score (nSPS) is 14.7. The molecule has 2 aromatic rings. The number of methoxy groups -OCH3 is 1. The molecular formula is C22H22ClNO4S2. The highest BCUT2D eigenvalue weighted by atomic mass is 35.5. The number of carbonyl (C=O) groups is 1. The predicted molar refractivity (Wildman–Crippen MR) is 126 cm³/mol. The van der Waals surface area contributed by atoms with E-state index in [4.69, 9.17) is 38.0 Å². The number of benzene rings is 2. The van der Waals surface area contributed by atoms with Gasteiger partial charge in [-0.3, -0.25) is 4.79 Å². The minimum absolute atomic E-state index is 0.218. The molecule has 0 aliphatic carbocycles. The maximum atomic E-state index is 11.8. The van der Waals surface area contributed by atoms with E-state index in [1.165, 1.54) is 17.3 Å². The Hall–Kier alpha value is -2.22. The van der Waals surface area contributed by atoms with Crippen LogP contribution in [-0.2, 0) is 11.2 Å². The summed E-state index contributed by atoms with van der Waals surface area (Å²) in [7, 11) is 1.55. The average molecular weight is 464 g/mol. The van der Waals surface area contributed by atoms with Crippen LogP contribution in [0.15, 0.2) is 41.3 Å². The topological polar surface area (TPSA) is 56.8 Å². The summed E-state index contributed by atoms with van der Waals surface area (Å²) in [6.07, 6.45) is 3.41. The first-order valence-corrected chi connectivity index (χ1v) is 11.1. The standard InChI is InChI=1S/C22H22ClNO4S2/c1-3-14-5-7-16(8-6-14)27-9-4-10-28-20-17(23)11-15(12-18(20)26-2)13-19-21(25)24-22(29)30-19/h5-8,11-13H,3-4,9-10H2,1-2H3,(H,24,25,29). The largest absolute Gasteiger partial charge is 0.493 e. The van der Waals surface area contributed by atoms with Crippen LogP contribution >= 0.6 is 35.6 Å². The molecule has 158 valence electrons. The summed E-state index contributed by atoms with van der Waals surface area (Å²) in [5, 5.41) is 2.99. The summed E-state index contributed by atoms with van der Waals surface area (Å²) in [6, 6.07) is 11.6. The van der Waals surface area contributed by atoms with E-state index in [0.29, 0.717) is 45.4 Å². The van der Waals surface area contributed by atoms with Gasteiger partial charge in [0, 0.05) is 6.42 Å². The van der Waals surface area contributed by atoms with Crippen molar-refractivity contribution in [2.75, 3.05) is 20.3 Å². The van der Waals surface area contributed by atoms with Gasteiger partial charge in [-0.25, -0.2) is 0 Å². The van der Waals surface area contributed by atoms with Gasteiger partial charge in [0.2, 0.25) is 0 Å². The number of aryl methyl sites for hydroxylation is 1. The molecule has 1 fully saturated rings. The fourth-order valence-electron chi connectivity index (χ4n) is 2.78. The van der Waals surface area contributed by atoms with E-state index in [0.717, 1.165) is 17.7 Å². The summed E-state index contributed by atoms with van der Waals surface area (Å²) >= 11 is 12.6. The van der Waals surface area contributed by atoms with Crippen LogP contribution in [0, 0.1) is 0 Å². The van der Waals surface area contributed by atoms with E-state index < -0.39 is 0 Å². The molecule has 1 amide bonds. The van der Waals surface area contributed by atoms with Crippen LogP contribution < -0.4 is 19.5 Å². The summed E-state index contributed by atoms with van der Waals surface area (Å²) in [4.78, 5) is 12.4. The van der Waals surface area contributed by atoms with Crippen molar-refractivity contribution in [3.05, 3.63) is 57.5 Å². The third-order valence-corrected chi connectivity index (χ3v) is 5.77. The Bertz CT molecular complexity index is 960. The van der Waals surface area contributed by atoms with Crippen molar-refractivity contribution >= 4 is 51.9 Å². The second kappa shape index (κ2) is 10.7. The maximum absolute atomic E-state index is 11.8. The predicted octanol–water partition coefficient (Wildman–Crippen LogP) is 5.25. The SMILES string of the molecule is CCc1ccc(OCCCOc2c(Cl)cc(C=C3SC(=S)NC3=O)cc2OC)cc1. The molecule has 3 rings (SSSR count). The summed E-state index contributed by atoms with van der Waals surface area (Å²) in [6.45, 7) is 3.08. The number of thiocarbonyl (C=S) groups is 1. The molecule has 0 spiro atoms. The lowest BCUT2D eigenvalue weighted by atomic mass is 10.2. The molecule has 1 N–H and O–H groups in total. The Kier molecular flexibility index (Phi) is 8.01. The molecule has 0 aromatic heterocycles. The van der Waals surface area contributed by atoms with Crippen molar-refractivity contribution < 1.29 is 19.0 Å². The first-order valence-electron chi connectivity index (χ1n) is 9.47. The number of carbonyl (C=O) groups excluding carboxylic acids is 1. The highest BCUT2D eigenvalue weighted by Crippen LogP contribution is 2.38. The van der Waals surface area contributed by atoms with Crippen molar-refractivity contribution in [3.63, 3.8) is 0 Å². The summed E-state index contributed by atoms with van der Waals surface area (Å²) < 4.78 is 17.4. The molecule has 0 saturated carbocycles. The molecule has 5 nitrogen and oxygen atoms in total. The molecule has 0 atom stereocenters. The highest BCUT2D eigenvalue weighted by Gasteiger charge is 2.22. The molecule has 2 aromatic carbocycles. The number of ether oxygens (including phenoxy) is 3. The van der Waals surface area contributed by atoms with E-state index in [1.54, 1.807) is 25.3 Å². The first-order chi connectivity index (χ1) is 14.5. The molecule has 0 unspecified atom stereocenters. The lowest BCUT2D eigenvalue weighted by Gasteiger charge is -2.14. The van der Waals surface area contributed by atoms with Gasteiger partial charge in [0.05, 0.1) is 30.3 Å². The first kappa shape index (κ1) is 22.5. The molecule has 8 heteroatoms. The zero-order valence-electron chi connectivity index (χ0n) is 16.7. The Labute approximate surface area is 190 Å². The van der Waals surface area contributed by atoms with Crippen molar-refractivity contribution in [1.29, 1.82) is 0 Å². The number of thioether (sulfide) groups is 1. The highest BCUT2D eigenvalue weighted by molar-refractivity contribution is 8.26. The van der Waals surface area contributed by atoms with Crippen LogP contribution in [0.5, 0.6) is 17.2 Å². The lowest BCUT2D eigenvalue weighted by Crippen LogP contribution is -2.17. The van der Waals surface area contributed by atoms with Crippen molar-refractivity contribution in [3.8, 4) is 17.2 Å². The van der Waals surface area contributed by atoms with Gasteiger partial charge in [-0.15, -0.1) is 0 Å². The van der Waals surface area contributed by atoms with Crippen molar-refractivity contribution in [2.24, 2.45) is 0 Å². The zero-order valence-corrected chi connectivity index (χ0v) is 19.1. The van der Waals surface area contributed by atoms with Gasteiger partial charge in [0.25, 0.3) is 5.91 Å². The van der Waals surface area contributed by atoms with Crippen LogP contribution in [0.2, 0.25) is 5.02 Å². The van der Waals surface area contributed by atoms with E-state index in [9.17, 15) is 4.79 Å². The summed E-state index contributed by atoms with van der Waals surface area (Å²) in [5.41, 5.74) is 2.01. The minimum Gasteiger partial charge on any atom is -0.493 e. The Morgan fingerprint density at radius 1 is 1.17 bits per heavy atom. The number of nitrogens with one attached hydrogen (secondary N) is 1. The van der Waals surface area contributed by atoms with Gasteiger partial charge in [0.1, 0.15) is 10.1 Å².